The molecule has 2 nitrogen and oxygen atoms in total. The highest BCUT2D eigenvalue weighted by atomic mass is 16.1. The third-order valence-corrected chi connectivity index (χ3v) is 4.38. The molecule has 25 heavy (non-hydrogen) atoms. The molecular formula is C23H29NO. The Bertz CT molecular complexity index is 762. The van der Waals surface area contributed by atoms with Gasteiger partial charge in [-0.25, -0.2) is 0 Å². The maximum atomic E-state index is 12.3. The average molecular weight is 335 g/mol. The fraction of sp³-hybridized carbons (Fsp3) is 0.348. The minimum Gasteiger partial charge on any atom is -0.322 e. The van der Waals surface area contributed by atoms with E-state index < -0.39 is 0 Å². The number of carbonyl (C=O) groups is 1. The lowest BCUT2D eigenvalue weighted by molar-refractivity contribution is -0.111. The predicted molar refractivity (Wildman–Crippen MR) is 108 cm³/mol. The summed E-state index contributed by atoms with van der Waals surface area (Å²) in [6, 6.07) is 14.5. The Kier molecular flexibility index (Phi) is 5.84. The van der Waals surface area contributed by atoms with Gasteiger partial charge >= 0.3 is 0 Å². The molecule has 2 heteroatoms. The molecule has 0 heterocycles. The van der Waals surface area contributed by atoms with Gasteiger partial charge in [-0.2, -0.15) is 0 Å². The molecule has 132 valence electrons. The largest absolute Gasteiger partial charge is 0.322 e. The van der Waals surface area contributed by atoms with Gasteiger partial charge in [0.25, 0.3) is 0 Å². The van der Waals surface area contributed by atoms with Crippen LogP contribution < -0.4 is 5.32 Å². The molecule has 0 aliphatic carbocycles. The van der Waals surface area contributed by atoms with Crippen molar-refractivity contribution in [3.05, 3.63) is 70.8 Å². The zero-order valence-electron chi connectivity index (χ0n) is 16.2. The fourth-order valence-electron chi connectivity index (χ4n) is 2.77. The summed E-state index contributed by atoms with van der Waals surface area (Å²) in [6.45, 7) is 12.9. The van der Waals surface area contributed by atoms with Gasteiger partial charge in [0.15, 0.2) is 0 Å². The number of nitrogens with one attached hydrogen (secondary N) is 1. The number of carbonyl (C=O) groups excluding carboxylic acids is 1. The summed E-state index contributed by atoms with van der Waals surface area (Å²) in [5, 5.41) is 3.04. The van der Waals surface area contributed by atoms with Crippen LogP contribution in [0.2, 0.25) is 0 Å². The monoisotopic (exact) mass is 335 g/mol. The number of amides is 1. The van der Waals surface area contributed by atoms with Crippen LogP contribution in [0.4, 0.5) is 5.69 Å². The number of rotatable bonds is 4. The topological polar surface area (TPSA) is 29.1 Å². The Morgan fingerprint density at radius 3 is 2.24 bits per heavy atom. The van der Waals surface area contributed by atoms with Gasteiger partial charge in [-0.3, -0.25) is 4.79 Å². The predicted octanol–water partition coefficient (Wildman–Crippen LogP) is 6.07. The lowest BCUT2D eigenvalue weighted by Crippen LogP contribution is -2.12. The molecule has 1 amide bonds. The first-order chi connectivity index (χ1) is 11.7. The lowest BCUT2D eigenvalue weighted by Gasteiger charge is -2.18. The van der Waals surface area contributed by atoms with Crippen LogP contribution in [-0.4, -0.2) is 5.91 Å². The third-order valence-electron chi connectivity index (χ3n) is 4.38. The summed E-state index contributed by atoms with van der Waals surface area (Å²) < 4.78 is 0. The van der Waals surface area contributed by atoms with Crippen molar-refractivity contribution in [3.63, 3.8) is 0 Å². The Balaban J connectivity index is 2.12. The molecule has 0 aliphatic rings. The maximum absolute atomic E-state index is 12.3. The lowest BCUT2D eigenvalue weighted by atomic mass is 9.87. The number of hydrogen-bond donors (Lipinski definition) is 1. The second-order valence-electron chi connectivity index (χ2n) is 7.89. The van der Waals surface area contributed by atoms with E-state index in [0.717, 1.165) is 22.4 Å². The highest BCUT2D eigenvalue weighted by molar-refractivity contribution is 6.02. The second-order valence-corrected chi connectivity index (χ2v) is 7.89. The second kappa shape index (κ2) is 7.69. The van der Waals surface area contributed by atoms with E-state index >= 15 is 0 Å². The van der Waals surface area contributed by atoms with Crippen LogP contribution in [0.25, 0.3) is 6.08 Å². The molecular weight excluding hydrogens is 306 g/mol. The molecule has 0 saturated heterocycles. The molecule has 2 aromatic rings. The fourth-order valence-corrected chi connectivity index (χ4v) is 2.77. The summed E-state index contributed by atoms with van der Waals surface area (Å²) >= 11 is 0. The van der Waals surface area contributed by atoms with Crippen molar-refractivity contribution in [3.8, 4) is 0 Å². The number of aryl methyl sites for hydroxylation is 1. The Labute approximate surface area is 152 Å². The third kappa shape index (κ3) is 5.06. The first-order valence-electron chi connectivity index (χ1n) is 8.87. The molecule has 1 N–H and O–H groups in total. The Morgan fingerprint density at radius 1 is 1.04 bits per heavy atom. The average Bonchev–Trinajstić information content (AvgIpc) is 2.54. The molecule has 0 spiro atoms. The summed E-state index contributed by atoms with van der Waals surface area (Å²) in [4.78, 5) is 12.3. The van der Waals surface area contributed by atoms with Crippen molar-refractivity contribution < 1.29 is 4.79 Å². The zero-order valence-corrected chi connectivity index (χ0v) is 16.2. The van der Waals surface area contributed by atoms with Crippen LogP contribution in [0, 0.1) is 6.92 Å². The molecule has 0 unspecified atom stereocenters. The Hall–Kier alpha value is -2.35. The first-order valence-corrected chi connectivity index (χ1v) is 8.87. The van der Waals surface area contributed by atoms with E-state index in [1.165, 1.54) is 5.56 Å². The van der Waals surface area contributed by atoms with E-state index in [0.29, 0.717) is 5.92 Å². The van der Waals surface area contributed by atoms with Gasteiger partial charge in [0, 0.05) is 11.8 Å². The summed E-state index contributed by atoms with van der Waals surface area (Å²) in [6.07, 6.45) is 3.46. The highest BCUT2D eigenvalue weighted by Gasteiger charge is 2.13. The molecule has 2 aromatic carbocycles. The van der Waals surface area contributed by atoms with Crippen molar-refractivity contribution in [1.82, 2.24) is 0 Å². The first kappa shape index (κ1) is 19.0. The van der Waals surface area contributed by atoms with Crippen LogP contribution in [0.3, 0.4) is 0 Å². The molecule has 0 radical (unpaired) electrons. The van der Waals surface area contributed by atoms with Crippen LogP contribution in [0.1, 0.15) is 62.8 Å². The number of para-hydroxylation sites is 1. The van der Waals surface area contributed by atoms with Crippen molar-refractivity contribution in [2.45, 2.75) is 52.9 Å². The number of benzene rings is 2. The van der Waals surface area contributed by atoms with Crippen molar-refractivity contribution >= 4 is 17.7 Å². The van der Waals surface area contributed by atoms with Crippen LogP contribution >= 0.6 is 0 Å². The zero-order chi connectivity index (χ0) is 18.6. The van der Waals surface area contributed by atoms with Gasteiger partial charge in [-0.15, -0.1) is 0 Å². The van der Waals surface area contributed by atoms with Gasteiger partial charge in [0.05, 0.1) is 0 Å². The summed E-state index contributed by atoms with van der Waals surface area (Å²) in [5.41, 5.74) is 5.62. The van der Waals surface area contributed by atoms with Crippen molar-refractivity contribution in [1.29, 1.82) is 0 Å². The normalized spacial score (nSPS) is 12.0. The smallest absolute Gasteiger partial charge is 0.248 e. The van der Waals surface area contributed by atoms with Crippen molar-refractivity contribution in [2.24, 2.45) is 0 Å². The van der Waals surface area contributed by atoms with E-state index in [-0.39, 0.29) is 11.3 Å². The molecule has 0 atom stereocenters. The minimum atomic E-state index is -0.101. The van der Waals surface area contributed by atoms with Gasteiger partial charge in [-0.05, 0) is 46.6 Å². The quantitative estimate of drug-likeness (QED) is 0.675. The van der Waals surface area contributed by atoms with E-state index in [4.69, 9.17) is 0 Å². The van der Waals surface area contributed by atoms with Crippen molar-refractivity contribution in [2.75, 3.05) is 5.32 Å². The van der Waals surface area contributed by atoms with E-state index in [9.17, 15) is 4.79 Å². The van der Waals surface area contributed by atoms with Gasteiger partial charge in [-0.1, -0.05) is 77.1 Å². The number of hydrogen-bond acceptors (Lipinski definition) is 1. The van der Waals surface area contributed by atoms with Gasteiger partial charge in [0.2, 0.25) is 5.91 Å². The van der Waals surface area contributed by atoms with Gasteiger partial charge < -0.3 is 5.32 Å². The van der Waals surface area contributed by atoms with Crippen LogP contribution in [0.5, 0.6) is 0 Å². The van der Waals surface area contributed by atoms with E-state index in [1.807, 2.05) is 25.1 Å². The molecule has 2 rings (SSSR count). The standard InChI is InChI=1S/C23H29NO/c1-16(2)20-9-7-8-17(3)22(20)24-21(25)15-12-18-10-13-19(14-11-18)23(4,5)6/h7-16H,1-6H3,(H,24,25)/b15-12+. The Morgan fingerprint density at radius 2 is 1.68 bits per heavy atom. The van der Waals surface area contributed by atoms with Crippen LogP contribution in [-0.2, 0) is 10.2 Å². The summed E-state index contributed by atoms with van der Waals surface area (Å²) in [7, 11) is 0. The number of anilines is 1. The van der Waals surface area contributed by atoms with Crippen LogP contribution in [0.15, 0.2) is 48.5 Å². The minimum absolute atomic E-state index is 0.101. The SMILES string of the molecule is Cc1cccc(C(C)C)c1NC(=O)/C=C/c1ccc(C(C)(C)C)cc1. The molecule has 0 bridgehead atoms. The van der Waals surface area contributed by atoms with E-state index in [1.54, 1.807) is 6.08 Å². The van der Waals surface area contributed by atoms with E-state index in [2.05, 4.69) is 70.3 Å². The maximum Gasteiger partial charge on any atom is 0.248 e. The molecule has 0 fully saturated rings. The molecule has 0 saturated carbocycles. The van der Waals surface area contributed by atoms with Gasteiger partial charge in [0.1, 0.15) is 0 Å². The summed E-state index contributed by atoms with van der Waals surface area (Å²) in [5.74, 6) is 0.264. The highest BCUT2D eigenvalue weighted by Crippen LogP contribution is 2.27. The molecule has 0 aliphatic heterocycles. The molecule has 0 aromatic heterocycles.